The molecule has 0 aliphatic carbocycles. The lowest BCUT2D eigenvalue weighted by atomic mass is 9.97. The molecule has 2 amide bonds. The van der Waals surface area contributed by atoms with Crippen molar-refractivity contribution in [3.05, 3.63) is 45.6 Å². The van der Waals surface area contributed by atoms with E-state index in [2.05, 4.69) is 5.32 Å². The van der Waals surface area contributed by atoms with Crippen LogP contribution in [0, 0.1) is 0 Å². The third kappa shape index (κ3) is 6.10. The molecule has 0 spiro atoms. The molecule has 8 nitrogen and oxygen atoms in total. The van der Waals surface area contributed by atoms with Crippen molar-refractivity contribution in [2.75, 3.05) is 13.1 Å². The average molecular weight is 458 g/mol. The van der Waals surface area contributed by atoms with E-state index in [1.165, 1.54) is 13.0 Å². The summed E-state index contributed by atoms with van der Waals surface area (Å²) in [5.41, 5.74) is 6.84. The quantitative estimate of drug-likeness (QED) is 0.548. The lowest BCUT2D eigenvalue weighted by molar-refractivity contribution is -0.149. The smallest absolute Gasteiger partial charge is 0.370 e. The molecule has 0 unspecified atom stereocenters. The molecule has 0 bridgehead atoms. The summed E-state index contributed by atoms with van der Waals surface area (Å²) >= 11 is 12.1. The summed E-state index contributed by atoms with van der Waals surface area (Å²) in [6.45, 7) is 3.94. The minimum Gasteiger partial charge on any atom is -0.475 e. The predicted molar refractivity (Wildman–Crippen MR) is 113 cm³/mol. The molecule has 1 aromatic rings. The first-order valence-electron chi connectivity index (χ1n) is 9.51. The van der Waals surface area contributed by atoms with Crippen LogP contribution in [-0.4, -0.2) is 59.1 Å². The normalized spacial score (nSPS) is 20.7. The molecule has 164 valence electrons. The van der Waals surface area contributed by atoms with Gasteiger partial charge in [0.25, 0.3) is 5.91 Å². The maximum atomic E-state index is 13.3. The van der Waals surface area contributed by atoms with Crippen LogP contribution >= 0.6 is 23.2 Å². The van der Waals surface area contributed by atoms with Gasteiger partial charge >= 0.3 is 5.97 Å². The molecule has 1 aliphatic heterocycles. The van der Waals surface area contributed by atoms with Crippen molar-refractivity contribution >= 4 is 41.0 Å². The van der Waals surface area contributed by atoms with Gasteiger partial charge in [0.15, 0.2) is 6.10 Å². The van der Waals surface area contributed by atoms with E-state index in [-0.39, 0.29) is 0 Å². The van der Waals surface area contributed by atoms with Crippen LogP contribution in [0.15, 0.2) is 30.0 Å². The minimum atomic E-state index is -1.33. The van der Waals surface area contributed by atoms with E-state index in [0.29, 0.717) is 36.0 Å². The second-order valence-corrected chi connectivity index (χ2v) is 7.83. The second kappa shape index (κ2) is 10.7. The topological polar surface area (TPSA) is 122 Å². The van der Waals surface area contributed by atoms with Crippen LogP contribution in [0.2, 0.25) is 10.0 Å². The summed E-state index contributed by atoms with van der Waals surface area (Å²) in [5, 5.41) is 12.9. The van der Waals surface area contributed by atoms with E-state index in [1.54, 1.807) is 23.1 Å². The molecule has 4 N–H and O–H groups in total. The van der Waals surface area contributed by atoms with Crippen molar-refractivity contribution in [2.24, 2.45) is 5.73 Å². The Morgan fingerprint density at radius 3 is 2.53 bits per heavy atom. The predicted octanol–water partition coefficient (Wildman–Crippen LogP) is 1.97. The van der Waals surface area contributed by atoms with Gasteiger partial charge in [0.1, 0.15) is 0 Å². The molecule has 0 saturated heterocycles. The lowest BCUT2D eigenvalue weighted by Gasteiger charge is -2.37. The van der Waals surface area contributed by atoms with Crippen LogP contribution in [0.3, 0.4) is 0 Å². The standard InChI is InChI=1S/C20H25Cl2N3O5/c1-3-7-25(8-6-12-4-5-13(21)9-14(12)22)19(27)18-17(24-11(2)26)15(23)10-16(30-18)20(28)29/h4-5,9-10,15,17-18H,3,6-8,23H2,1-2H3,(H,24,26)(H,28,29)/t15-,17+,18+/m0/s1. The molecule has 10 heteroatoms. The molecule has 0 saturated carbocycles. The van der Waals surface area contributed by atoms with Gasteiger partial charge in [-0.05, 0) is 36.6 Å². The van der Waals surface area contributed by atoms with Crippen LogP contribution in [0.25, 0.3) is 0 Å². The average Bonchev–Trinajstić information content (AvgIpc) is 2.66. The first-order chi connectivity index (χ1) is 14.1. The first-order valence-corrected chi connectivity index (χ1v) is 10.3. The Hall–Kier alpha value is -2.29. The fourth-order valence-electron chi connectivity index (χ4n) is 3.22. The molecule has 1 aromatic carbocycles. The summed E-state index contributed by atoms with van der Waals surface area (Å²) in [4.78, 5) is 37.8. The number of rotatable bonds is 8. The highest BCUT2D eigenvalue weighted by atomic mass is 35.5. The maximum absolute atomic E-state index is 13.3. The summed E-state index contributed by atoms with van der Waals surface area (Å²) in [7, 11) is 0. The Morgan fingerprint density at radius 1 is 1.27 bits per heavy atom. The molecule has 1 aliphatic rings. The number of nitrogens with zero attached hydrogens (tertiary/aromatic N) is 1. The molecule has 0 radical (unpaired) electrons. The van der Waals surface area contributed by atoms with E-state index in [9.17, 15) is 19.5 Å². The Morgan fingerprint density at radius 2 is 1.97 bits per heavy atom. The third-order valence-corrected chi connectivity index (χ3v) is 5.22. The zero-order valence-electron chi connectivity index (χ0n) is 16.7. The number of hydrogen-bond donors (Lipinski definition) is 3. The number of halogens is 2. The minimum absolute atomic E-state index is 0.321. The number of amides is 2. The highest BCUT2D eigenvalue weighted by Crippen LogP contribution is 2.23. The Labute approximate surface area is 184 Å². The fourth-order valence-corrected chi connectivity index (χ4v) is 3.73. The van der Waals surface area contributed by atoms with Gasteiger partial charge in [0.05, 0.1) is 12.1 Å². The Bertz CT molecular complexity index is 846. The van der Waals surface area contributed by atoms with Crippen LogP contribution in [0.1, 0.15) is 25.8 Å². The molecule has 3 atom stereocenters. The summed E-state index contributed by atoms with van der Waals surface area (Å²) < 4.78 is 5.44. The fraction of sp³-hybridized carbons (Fsp3) is 0.450. The number of nitrogens with one attached hydrogen (secondary N) is 1. The van der Waals surface area contributed by atoms with Gasteiger partial charge in [-0.25, -0.2) is 4.79 Å². The van der Waals surface area contributed by atoms with E-state index >= 15 is 0 Å². The van der Waals surface area contributed by atoms with Crippen LogP contribution in [-0.2, 0) is 25.5 Å². The third-order valence-electron chi connectivity index (χ3n) is 4.63. The maximum Gasteiger partial charge on any atom is 0.370 e. The van der Waals surface area contributed by atoms with Gasteiger partial charge in [0, 0.05) is 30.1 Å². The van der Waals surface area contributed by atoms with Crippen molar-refractivity contribution in [3.8, 4) is 0 Å². The molecule has 0 fully saturated rings. The molecular formula is C20H25Cl2N3O5. The number of aliphatic carboxylic acids is 1. The zero-order valence-corrected chi connectivity index (χ0v) is 18.2. The number of benzene rings is 1. The highest BCUT2D eigenvalue weighted by molar-refractivity contribution is 6.35. The molecule has 2 rings (SSSR count). The number of nitrogens with two attached hydrogens (primary N) is 1. The number of carbonyl (C=O) groups excluding carboxylic acids is 2. The first kappa shape index (κ1) is 24.0. The highest BCUT2D eigenvalue weighted by Gasteiger charge is 2.41. The molecular weight excluding hydrogens is 433 g/mol. The SMILES string of the molecule is CCCN(CCc1ccc(Cl)cc1Cl)C(=O)[C@@H]1OC(C(=O)O)=C[C@H](N)[C@H]1NC(C)=O. The number of hydrogen-bond acceptors (Lipinski definition) is 5. The molecule has 1 heterocycles. The largest absolute Gasteiger partial charge is 0.475 e. The molecule has 0 aromatic heterocycles. The van der Waals surface area contributed by atoms with Crippen molar-refractivity contribution in [3.63, 3.8) is 0 Å². The van der Waals surface area contributed by atoms with Gasteiger partial charge in [-0.2, -0.15) is 0 Å². The Kier molecular flexibility index (Phi) is 8.52. The lowest BCUT2D eigenvalue weighted by Crippen LogP contribution is -2.61. The van der Waals surface area contributed by atoms with E-state index in [1.807, 2.05) is 6.92 Å². The van der Waals surface area contributed by atoms with E-state index in [0.717, 1.165) is 5.56 Å². The monoisotopic (exact) mass is 457 g/mol. The number of carboxylic acids is 1. The van der Waals surface area contributed by atoms with Crippen molar-refractivity contribution in [1.29, 1.82) is 0 Å². The van der Waals surface area contributed by atoms with Crippen molar-refractivity contribution < 1.29 is 24.2 Å². The van der Waals surface area contributed by atoms with Crippen LogP contribution in [0.4, 0.5) is 0 Å². The number of carbonyl (C=O) groups is 3. The summed E-state index contributed by atoms with van der Waals surface area (Å²) in [6, 6.07) is 3.35. The van der Waals surface area contributed by atoms with Crippen molar-refractivity contribution in [1.82, 2.24) is 10.2 Å². The van der Waals surface area contributed by atoms with E-state index in [4.69, 9.17) is 33.7 Å². The van der Waals surface area contributed by atoms with E-state index < -0.39 is 41.7 Å². The van der Waals surface area contributed by atoms with Gasteiger partial charge < -0.3 is 25.8 Å². The van der Waals surface area contributed by atoms with Gasteiger partial charge in [0.2, 0.25) is 11.7 Å². The summed E-state index contributed by atoms with van der Waals surface area (Å²) in [5.74, 6) is -2.61. The Balaban J connectivity index is 2.24. The van der Waals surface area contributed by atoms with Crippen molar-refractivity contribution in [2.45, 2.75) is 44.9 Å². The van der Waals surface area contributed by atoms with Crippen LogP contribution in [0.5, 0.6) is 0 Å². The van der Waals surface area contributed by atoms with Gasteiger partial charge in [-0.15, -0.1) is 0 Å². The van der Waals surface area contributed by atoms with Gasteiger partial charge in [-0.3, -0.25) is 9.59 Å². The zero-order chi connectivity index (χ0) is 22.4. The molecule has 30 heavy (non-hydrogen) atoms. The number of carboxylic acid groups (broad SMARTS) is 1. The second-order valence-electron chi connectivity index (χ2n) is 6.99. The van der Waals surface area contributed by atoms with Gasteiger partial charge in [-0.1, -0.05) is 36.2 Å². The summed E-state index contributed by atoms with van der Waals surface area (Å²) in [6.07, 6.45) is 1.06. The number of ether oxygens (including phenoxy) is 1. The van der Waals surface area contributed by atoms with Crippen LogP contribution < -0.4 is 11.1 Å².